The molecule has 5 rings (SSSR count). The van der Waals surface area contributed by atoms with Gasteiger partial charge in [-0.25, -0.2) is 4.79 Å². The monoisotopic (exact) mass is 567 g/mol. The summed E-state index contributed by atoms with van der Waals surface area (Å²) in [4.78, 5) is 24.2. The van der Waals surface area contributed by atoms with E-state index in [-0.39, 0.29) is 24.1 Å². The van der Waals surface area contributed by atoms with Crippen molar-refractivity contribution in [3.8, 4) is 28.4 Å². The molecule has 0 fully saturated rings. The quantitative estimate of drug-likeness (QED) is 0.205. The predicted octanol–water partition coefficient (Wildman–Crippen LogP) is 5.01. The Bertz CT molecular complexity index is 1540. The number of aromatic carboxylic acids is 1. The van der Waals surface area contributed by atoms with E-state index in [1.54, 1.807) is 49.6 Å². The Labute approximate surface area is 244 Å². The normalized spacial score (nSPS) is 14.8. The molecule has 0 saturated heterocycles. The van der Waals surface area contributed by atoms with Crippen LogP contribution in [0.15, 0.2) is 91.0 Å². The molecule has 0 aromatic heterocycles. The number of hydrogen-bond acceptors (Lipinski definition) is 7. The average Bonchev–Trinajstić information content (AvgIpc) is 3.03. The van der Waals surface area contributed by atoms with Gasteiger partial charge < -0.3 is 29.7 Å². The molecule has 0 amide bonds. The third-order valence-corrected chi connectivity index (χ3v) is 7.21. The second-order valence-corrected chi connectivity index (χ2v) is 10.2. The molecule has 1 aliphatic heterocycles. The van der Waals surface area contributed by atoms with Crippen molar-refractivity contribution in [1.29, 1.82) is 0 Å². The predicted molar refractivity (Wildman–Crippen MR) is 159 cm³/mol. The Morgan fingerprint density at radius 3 is 2.45 bits per heavy atom. The number of carboxylic acids is 1. The first-order valence-electron chi connectivity index (χ1n) is 13.8. The molecule has 42 heavy (non-hydrogen) atoms. The second-order valence-electron chi connectivity index (χ2n) is 10.2. The zero-order valence-electron chi connectivity index (χ0n) is 23.3. The zero-order chi connectivity index (χ0) is 29.5. The number of benzene rings is 4. The topological polar surface area (TPSA) is 114 Å². The van der Waals surface area contributed by atoms with Gasteiger partial charge in [-0.05, 0) is 65.9 Å². The average molecular weight is 568 g/mol. The number of nitrogens with one attached hydrogen (secondary N) is 1. The Morgan fingerprint density at radius 1 is 0.952 bits per heavy atom. The number of aliphatic hydroxyl groups is 1. The number of carboxylic acid groups (broad SMARTS) is 1. The minimum atomic E-state index is -0.943. The summed E-state index contributed by atoms with van der Waals surface area (Å²) in [5, 5.41) is 23.0. The molecule has 0 bridgehead atoms. The minimum Gasteiger partial charge on any atom is -0.497 e. The minimum absolute atomic E-state index is 0.000183. The molecule has 4 aromatic rings. The molecule has 0 unspecified atom stereocenters. The number of carbonyl (C=O) groups is 2. The van der Waals surface area contributed by atoms with Crippen LogP contribution in [0.5, 0.6) is 17.2 Å². The molecule has 0 aliphatic carbocycles. The zero-order valence-corrected chi connectivity index (χ0v) is 23.3. The summed E-state index contributed by atoms with van der Waals surface area (Å²) in [6.45, 7) is 0.857. The summed E-state index contributed by atoms with van der Waals surface area (Å²) >= 11 is 0. The third kappa shape index (κ3) is 6.97. The van der Waals surface area contributed by atoms with Gasteiger partial charge >= 0.3 is 5.97 Å². The number of fused-ring (bicyclic) bond motifs is 1. The third-order valence-electron chi connectivity index (χ3n) is 7.21. The van der Waals surface area contributed by atoms with Crippen molar-refractivity contribution >= 4 is 11.8 Å². The van der Waals surface area contributed by atoms with Crippen molar-refractivity contribution in [3.05, 3.63) is 113 Å². The van der Waals surface area contributed by atoms with E-state index in [0.717, 1.165) is 35.3 Å². The smallest absolute Gasteiger partial charge is 0.335 e. The first-order valence-corrected chi connectivity index (χ1v) is 13.8. The molecule has 3 N–H and O–H groups in total. The highest BCUT2D eigenvalue weighted by molar-refractivity contribution is 6.10. The van der Waals surface area contributed by atoms with E-state index in [9.17, 15) is 14.7 Å². The number of hydrogen-bond donors (Lipinski definition) is 3. The Hall–Kier alpha value is -4.66. The van der Waals surface area contributed by atoms with E-state index in [0.29, 0.717) is 35.7 Å². The second kappa shape index (κ2) is 13.3. The van der Waals surface area contributed by atoms with Crippen LogP contribution in [0.4, 0.5) is 0 Å². The lowest BCUT2D eigenvalue weighted by Crippen LogP contribution is -2.39. The Kier molecular flexibility index (Phi) is 9.16. The van der Waals surface area contributed by atoms with Gasteiger partial charge in [-0.3, -0.25) is 4.79 Å². The first-order chi connectivity index (χ1) is 20.4. The maximum atomic E-state index is 13.0. The fourth-order valence-electron chi connectivity index (χ4n) is 4.91. The lowest BCUT2D eigenvalue weighted by Gasteiger charge is -2.27. The van der Waals surface area contributed by atoms with Gasteiger partial charge in [0.15, 0.2) is 5.78 Å². The van der Waals surface area contributed by atoms with Crippen LogP contribution in [-0.2, 0) is 6.42 Å². The summed E-state index contributed by atoms with van der Waals surface area (Å²) < 4.78 is 17.4. The molecular weight excluding hydrogens is 534 g/mol. The maximum Gasteiger partial charge on any atom is 0.335 e. The van der Waals surface area contributed by atoms with Crippen LogP contribution < -0.4 is 19.5 Å². The van der Waals surface area contributed by atoms with Gasteiger partial charge in [0.05, 0.1) is 18.2 Å². The van der Waals surface area contributed by atoms with Gasteiger partial charge in [0.25, 0.3) is 0 Å². The highest BCUT2D eigenvalue weighted by Gasteiger charge is 2.21. The summed E-state index contributed by atoms with van der Waals surface area (Å²) in [5.41, 5.74) is 4.28. The van der Waals surface area contributed by atoms with Crippen LogP contribution in [0.1, 0.15) is 38.3 Å². The van der Waals surface area contributed by atoms with Crippen LogP contribution in [-0.4, -0.2) is 61.0 Å². The molecule has 0 saturated carbocycles. The number of aliphatic hydroxyl groups excluding tert-OH is 1. The van der Waals surface area contributed by atoms with Crippen molar-refractivity contribution in [2.75, 3.05) is 26.8 Å². The summed E-state index contributed by atoms with van der Waals surface area (Å²) in [6.07, 6.45) is 0.826. The van der Waals surface area contributed by atoms with Crippen LogP contribution in [0.2, 0.25) is 0 Å². The number of aryl methyl sites for hydroxylation is 1. The SMILES string of the molecule is COc1ccc(C(=O)c2ccccc2)c(OC[C@H](O)CNC[C@H]2CCc3cc(-c4ccc(C(=O)O)cc4)ccc3O2)c1. The van der Waals surface area contributed by atoms with Gasteiger partial charge in [-0.1, -0.05) is 48.5 Å². The van der Waals surface area contributed by atoms with Crippen molar-refractivity contribution in [2.24, 2.45) is 0 Å². The molecule has 2 atom stereocenters. The Balaban J connectivity index is 1.12. The van der Waals surface area contributed by atoms with E-state index in [1.807, 2.05) is 42.5 Å². The van der Waals surface area contributed by atoms with E-state index < -0.39 is 12.1 Å². The molecule has 216 valence electrons. The first kappa shape index (κ1) is 28.9. The van der Waals surface area contributed by atoms with Gasteiger partial charge in [0.1, 0.15) is 36.1 Å². The largest absolute Gasteiger partial charge is 0.497 e. The van der Waals surface area contributed by atoms with E-state index in [1.165, 1.54) is 0 Å². The van der Waals surface area contributed by atoms with Crippen molar-refractivity contribution in [2.45, 2.75) is 25.0 Å². The molecule has 1 aliphatic rings. The van der Waals surface area contributed by atoms with Gasteiger partial charge in [0, 0.05) is 24.7 Å². The van der Waals surface area contributed by atoms with Gasteiger partial charge in [-0.15, -0.1) is 0 Å². The van der Waals surface area contributed by atoms with Crippen LogP contribution in [0.3, 0.4) is 0 Å². The standard InChI is InChI=1S/C34H33NO7/c1-40-28-14-15-30(33(37)23-5-3-2-4-6-23)32(18-28)41-21-27(36)19-35-20-29-13-11-26-17-25(12-16-31(26)42-29)22-7-9-24(10-8-22)34(38)39/h2-10,12,14-18,27,29,35-36H,11,13,19-21H2,1H3,(H,38,39)/t27-,29-/m1/s1. The Morgan fingerprint density at radius 2 is 1.71 bits per heavy atom. The summed E-state index contributed by atoms with van der Waals surface area (Å²) in [6, 6.07) is 26.9. The summed E-state index contributed by atoms with van der Waals surface area (Å²) in [7, 11) is 1.54. The van der Waals surface area contributed by atoms with Crippen molar-refractivity contribution in [1.82, 2.24) is 5.32 Å². The van der Waals surface area contributed by atoms with Crippen LogP contribution in [0, 0.1) is 0 Å². The highest BCUT2D eigenvalue weighted by atomic mass is 16.5. The molecule has 0 spiro atoms. The van der Waals surface area contributed by atoms with Crippen molar-refractivity contribution in [3.63, 3.8) is 0 Å². The summed E-state index contributed by atoms with van der Waals surface area (Å²) in [5.74, 6) is 0.628. The number of ketones is 1. The van der Waals surface area contributed by atoms with Crippen molar-refractivity contribution < 1.29 is 34.0 Å². The van der Waals surface area contributed by atoms with E-state index >= 15 is 0 Å². The highest BCUT2D eigenvalue weighted by Crippen LogP contribution is 2.32. The molecule has 4 aromatic carbocycles. The fraction of sp³-hybridized carbons (Fsp3) is 0.235. The van der Waals surface area contributed by atoms with E-state index in [2.05, 4.69) is 11.4 Å². The molecular formula is C34H33NO7. The molecule has 1 heterocycles. The number of ether oxygens (including phenoxy) is 3. The van der Waals surface area contributed by atoms with Gasteiger partial charge in [-0.2, -0.15) is 0 Å². The molecule has 0 radical (unpaired) electrons. The lowest BCUT2D eigenvalue weighted by molar-refractivity contribution is 0.0696. The van der Waals surface area contributed by atoms with Crippen LogP contribution >= 0.6 is 0 Å². The molecule has 8 heteroatoms. The fourth-order valence-corrected chi connectivity index (χ4v) is 4.91. The van der Waals surface area contributed by atoms with Gasteiger partial charge in [0.2, 0.25) is 0 Å². The number of methoxy groups -OCH3 is 1. The lowest BCUT2D eigenvalue weighted by atomic mass is 9.96. The van der Waals surface area contributed by atoms with Crippen LogP contribution in [0.25, 0.3) is 11.1 Å². The molecule has 8 nitrogen and oxygen atoms in total. The maximum absolute atomic E-state index is 13.0. The number of rotatable bonds is 12. The van der Waals surface area contributed by atoms with E-state index in [4.69, 9.17) is 19.3 Å². The number of carbonyl (C=O) groups excluding carboxylic acids is 1.